The first-order chi connectivity index (χ1) is 20.6. The van der Waals surface area contributed by atoms with Gasteiger partial charge in [0.2, 0.25) is 17.7 Å². The molecule has 1 saturated heterocycles. The fourth-order valence-electron chi connectivity index (χ4n) is 5.38. The van der Waals surface area contributed by atoms with Gasteiger partial charge in [-0.25, -0.2) is 0 Å². The van der Waals surface area contributed by atoms with Gasteiger partial charge < -0.3 is 30.6 Å². The zero-order chi connectivity index (χ0) is 30.9. The van der Waals surface area contributed by atoms with E-state index in [0.717, 1.165) is 22.8 Å². The van der Waals surface area contributed by atoms with E-state index in [9.17, 15) is 24.0 Å². The number of aldehydes is 1. The van der Waals surface area contributed by atoms with E-state index < -0.39 is 35.8 Å². The number of hydrogen-bond acceptors (Lipinski definition) is 7. The number of carbonyl (C=O) groups excluding carboxylic acids is 5. The minimum atomic E-state index is -1.05. The Morgan fingerprint density at radius 1 is 1.05 bits per heavy atom. The van der Waals surface area contributed by atoms with Gasteiger partial charge in [0.25, 0.3) is 5.91 Å². The molecule has 0 aliphatic carbocycles. The highest BCUT2D eigenvalue weighted by Crippen LogP contribution is 2.21. The fourth-order valence-corrected chi connectivity index (χ4v) is 5.38. The lowest BCUT2D eigenvalue weighted by Gasteiger charge is -2.27. The average molecular weight is 590 g/mol. The number of benzene rings is 2. The van der Waals surface area contributed by atoms with Crippen LogP contribution < -0.4 is 21.3 Å². The van der Waals surface area contributed by atoms with Crippen LogP contribution in [0, 0.1) is 18.8 Å². The Morgan fingerprint density at radius 3 is 2.49 bits per heavy atom. The number of carbonyl (C=O) groups is 5. The molecule has 228 valence electrons. The maximum atomic E-state index is 13.8. The SMILES string of the molecule is Cc1cc(C(=O)N[C@H](Cc2cccc3ccccc23)C(=O)N[C@@H](CC(C)C)C(=O)N[C@H](C=O)C[C@@H]2CCCNC2=O)no1. The number of nitrogens with one attached hydrogen (secondary N) is 4. The van der Waals surface area contributed by atoms with Crippen LogP contribution in [0.4, 0.5) is 0 Å². The van der Waals surface area contributed by atoms with Gasteiger partial charge in [-0.15, -0.1) is 0 Å². The summed E-state index contributed by atoms with van der Waals surface area (Å²) in [7, 11) is 0. The lowest BCUT2D eigenvalue weighted by atomic mass is 9.91. The number of nitrogens with zero attached hydrogens (tertiary/aromatic N) is 1. The number of rotatable bonds is 13. The molecule has 1 aromatic heterocycles. The molecule has 1 aliphatic rings. The summed E-state index contributed by atoms with van der Waals surface area (Å²) < 4.78 is 5.03. The molecule has 4 N–H and O–H groups in total. The third kappa shape index (κ3) is 8.50. The molecule has 1 fully saturated rings. The van der Waals surface area contributed by atoms with E-state index >= 15 is 0 Å². The zero-order valence-electron chi connectivity index (χ0n) is 24.7. The zero-order valence-corrected chi connectivity index (χ0v) is 24.7. The van der Waals surface area contributed by atoms with Crippen LogP contribution in [-0.4, -0.2) is 59.7 Å². The first-order valence-corrected chi connectivity index (χ1v) is 14.7. The van der Waals surface area contributed by atoms with Crippen LogP contribution in [0.25, 0.3) is 10.8 Å². The average Bonchev–Trinajstić information content (AvgIpc) is 3.43. The van der Waals surface area contributed by atoms with Crippen molar-refractivity contribution < 1.29 is 28.5 Å². The summed E-state index contributed by atoms with van der Waals surface area (Å²) in [6, 6.07) is 12.1. The molecule has 4 amide bonds. The first kappa shape index (κ1) is 31.4. The number of amides is 4. The minimum absolute atomic E-state index is 0.0269. The summed E-state index contributed by atoms with van der Waals surface area (Å²) >= 11 is 0. The maximum Gasteiger partial charge on any atom is 0.274 e. The molecule has 1 aliphatic heterocycles. The molecule has 43 heavy (non-hydrogen) atoms. The highest BCUT2D eigenvalue weighted by molar-refractivity contribution is 5.98. The summed E-state index contributed by atoms with van der Waals surface area (Å²) in [4.78, 5) is 64.4. The molecular formula is C32H39N5O6. The van der Waals surface area contributed by atoms with Crippen LogP contribution in [0.1, 0.15) is 61.3 Å². The second-order valence-corrected chi connectivity index (χ2v) is 11.5. The molecule has 11 nitrogen and oxygen atoms in total. The Morgan fingerprint density at radius 2 is 1.79 bits per heavy atom. The van der Waals surface area contributed by atoms with Crippen molar-refractivity contribution >= 4 is 40.7 Å². The van der Waals surface area contributed by atoms with Crippen molar-refractivity contribution in [3.63, 3.8) is 0 Å². The Balaban J connectivity index is 1.54. The molecule has 11 heteroatoms. The maximum absolute atomic E-state index is 13.8. The van der Waals surface area contributed by atoms with Gasteiger partial charge in [-0.2, -0.15) is 0 Å². The highest BCUT2D eigenvalue weighted by Gasteiger charge is 2.31. The molecule has 2 aromatic carbocycles. The Bertz CT molecular complexity index is 1460. The molecule has 2 heterocycles. The van der Waals surface area contributed by atoms with Crippen LogP contribution in [0.3, 0.4) is 0 Å². The van der Waals surface area contributed by atoms with E-state index in [2.05, 4.69) is 26.4 Å². The monoisotopic (exact) mass is 589 g/mol. The van der Waals surface area contributed by atoms with Crippen molar-refractivity contribution in [3.05, 3.63) is 65.5 Å². The molecule has 3 aromatic rings. The van der Waals surface area contributed by atoms with Crippen molar-refractivity contribution in [2.75, 3.05) is 6.54 Å². The summed E-state index contributed by atoms with van der Waals surface area (Å²) in [5, 5.41) is 16.8. The van der Waals surface area contributed by atoms with Crippen molar-refractivity contribution in [1.82, 2.24) is 26.4 Å². The van der Waals surface area contributed by atoms with E-state index in [0.29, 0.717) is 31.4 Å². The van der Waals surface area contributed by atoms with Crippen LogP contribution in [-0.2, 0) is 25.6 Å². The Kier molecular flexibility index (Phi) is 10.6. The molecule has 4 atom stereocenters. The van der Waals surface area contributed by atoms with Crippen LogP contribution in [0.2, 0.25) is 0 Å². The molecule has 0 radical (unpaired) electrons. The predicted molar refractivity (Wildman–Crippen MR) is 160 cm³/mol. The highest BCUT2D eigenvalue weighted by atomic mass is 16.5. The summed E-state index contributed by atoms with van der Waals surface area (Å²) in [5.41, 5.74) is 0.872. The fraction of sp³-hybridized carbons (Fsp3) is 0.438. The molecule has 0 saturated carbocycles. The third-order valence-corrected chi connectivity index (χ3v) is 7.56. The molecule has 0 spiro atoms. The minimum Gasteiger partial charge on any atom is -0.361 e. The number of aryl methyl sites for hydroxylation is 1. The predicted octanol–water partition coefficient (Wildman–Crippen LogP) is 2.61. The van der Waals surface area contributed by atoms with E-state index in [1.807, 2.05) is 56.3 Å². The van der Waals surface area contributed by atoms with E-state index in [1.54, 1.807) is 6.92 Å². The molecule has 4 rings (SSSR count). The summed E-state index contributed by atoms with van der Waals surface area (Å²) in [5.74, 6) is -1.71. The number of fused-ring (bicyclic) bond motifs is 1. The Hall–Kier alpha value is -4.54. The molecule has 0 unspecified atom stereocenters. The van der Waals surface area contributed by atoms with Crippen LogP contribution >= 0.6 is 0 Å². The van der Waals surface area contributed by atoms with Gasteiger partial charge in [0.05, 0.1) is 6.04 Å². The molecule has 0 bridgehead atoms. The second kappa shape index (κ2) is 14.6. The normalized spacial score (nSPS) is 17.0. The van der Waals surface area contributed by atoms with Gasteiger partial charge in [-0.05, 0) is 54.9 Å². The Labute approximate surface area is 250 Å². The lowest BCUT2D eigenvalue weighted by Crippen LogP contribution is -2.56. The van der Waals surface area contributed by atoms with Gasteiger partial charge in [0.15, 0.2) is 5.69 Å². The van der Waals surface area contributed by atoms with E-state index in [-0.39, 0.29) is 36.3 Å². The van der Waals surface area contributed by atoms with Gasteiger partial charge in [0.1, 0.15) is 24.1 Å². The standard InChI is InChI=1S/C32H39N5O6/c1-19(2)14-26(30(40)34-24(18-38)16-23-11-7-13-33-29(23)39)35-31(41)27(36-32(42)28-15-20(3)43-37-28)17-22-10-6-9-21-8-4-5-12-25(21)22/h4-6,8-10,12,15,18-19,23-24,26-27H,7,11,13-14,16-17H2,1-3H3,(H,33,39)(H,34,40)(H,35,41)(H,36,42)/t23-,24-,26-,27+/m0/s1. The summed E-state index contributed by atoms with van der Waals surface area (Å²) in [6.45, 7) is 6.09. The van der Waals surface area contributed by atoms with Gasteiger partial charge >= 0.3 is 0 Å². The quantitative estimate of drug-likeness (QED) is 0.223. The smallest absolute Gasteiger partial charge is 0.274 e. The summed E-state index contributed by atoms with van der Waals surface area (Å²) in [6.07, 6.45) is 2.69. The largest absolute Gasteiger partial charge is 0.361 e. The van der Waals surface area contributed by atoms with E-state index in [4.69, 9.17) is 4.52 Å². The van der Waals surface area contributed by atoms with Crippen molar-refractivity contribution in [1.29, 1.82) is 0 Å². The van der Waals surface area contributed by atoms with Gasteiger partial charge in [-0.1, -0.05) is 61.5 Å². The number of piperidine rings is 1. The first-order valence-electron chi connectivity index (χ1n) is 14.7. The number of hydrogen-bond donors (Lipinski definition) is 4. The topological polar surface area (TPSA) is 160 Å². The van der Waals surface area contributed by atoms with E-state index in [1.165, 1.54) is 6.07 Å². The molecular weight excluding hydrogens is 550 g/mol. The van der Waals surface area contributed by atoms with Crippen molar-refractivity contribution in [3.8, 4) is 0 Å². The van der Waals surface area contributed by atoms with Crippen molar-refractivity contribution in [2.45, 2.75) is 71.0 Å². The lowest BCUT2D eigenvalue weighted by molar-refractivity contribution is -0.132. The van der Waals surface area contributed by atoms with Crippen molar-refractivity contribution in [2.24, 2.45) is 11.8 Å². The van der Waals surface area contributed by atoms with Crippen LogP contribution in [0.15, 0.2) is 53.1 Å². The second-order valence-electron chi connectivity index (χ2n) is 11.5. The number of aromatic nitrogens is 1. The van der Waals surface area contributed by atoms with Crippen LogP contribution in [0.5, 0.6) is 0 Å². The van der Waals surface area contributed by atoms with Gasteiger partial charge in [-0.3, -0.25) is 19.2 Å². The third-order valence-electron chi connectivity index (χ3n) is 7.56. The van der Waals surface area contributed by atoms with Gasteiger partial charge in [0, 0.05) is 24.9 Å².